The first kappa shape index (κ1) is 19.0. The van der Waals surface area contributed by atoms with Crippen molar-refractivity contribution in [3.05, 3.63) is 46.8 Å². The van der Waals surface area contributed by atoms with Crippen molar-refractivity contribution < 1.29 is 24.2 Å². The van der Waals surface area contributed by atoms with Gasteiger partial charge >= 0.3 is 5.97 Å². The third kappa shape index (κ3) is 3.46. The maximum atomic E-state index is 13.0. The number of fused-ring (bicyclic) bond motifs is 1. The number of carbonyl (C=O) groups excluding carboxylic acids is 1. The second-order valence-electron chi connectivity index (χ2n) is 7.25. The largest absolute Gasteiger partial charge is 0.493 e. The predicted molar refractivity (Wildman–Crippen MR) is 105 cm³/mol. The van der Waals surface area contributed by atoms with E-state index in [9.17, 15) is 14.7 Å². The summed E-state index contributed by atoms with van der Waals surface area (Å²) >= 11 is 0. The Bertz CT molecular complexity index is 986. The number of carboxylic acids is 1. The summed E-state index contributed by atoms with van der Waals surface area (Å²) in [5, 5.41) is 13.5. The van der Waals surface area contributed by atoms with Gasteiger partial charge in [-0.25, -0.2) is 4.79 Å². The molecule has 29 heavy (non-hydrogen) atoms. The molecule has 1 N–H and O–H groups in total. The molecule has 1 aromatic heterocycles. The van der Waals surface area contributed by atoms with E-state index in [-0.39, 0.29) is 24.1 Å². The first-order chi connectivity index (χ1) is 14.0. The van der Waals surface area contributed by atoms with Crippen LogP contribution in [0.2, 0.25) is 0 Å². The molecule has 4 rings (SSSR count). The summed E-state index contributed by atoms with van der Waals surface area (Å²) in [6, 6.07) is 5.69. The Labute approximate surface area is 168 Å². The van der Waals surface area contributed by atoms with Crippen LogP contribution in [0.5, 0.6) is 11.5 Å². The maximum absolute atomic E-state index is 13.0. The van der Waals surface area contributed by atoms with Crippen LogP contribution in [0.3, 0.4) is 0 Å². The Morgan fingerprint density at radius 1 is 1.28 bits per heavy atom. The second-order valence-corrected chi connectivity index (χ2v) is 7.25. The summed E-state index contributed by atoms with van der Waals surface area (Å²) in [7, 11) is 1.59. The smallest absolute Gasteiger partial charge is 0.339 e. The number of amides is 1. The Morgan fingerprint density at radius 3 is 2.69 bits per heavy atom. The molecular formula is C21H23N3O5. The molecule has 0 bridgehead atoms. The van der Waals surface area contributed by atoms with E-state index in [2.05, 4.69) is 5.10 Å². The van der Waals surface area contributed by atoms with Crippen molar-refractivity contribution in [3.63, 3.8) is 0 Å². The average molecular weight is 397 g/mol. The van der Waals surface area contributed by atoms with Crippen LogP contribution in [0, 0.1) is 6.92 Å². The summed E-state index contributed by atoms with van der Waals surface area (Å²) in [6.07, 6.45) is 4.72. The van der Waals surface area contributed by atoms with Crippen LogP contribution in [0.1, 0.15) is 40.5 Å². The molecule has 0 atom stereocenters. The number of para-hydroxylation sites is 1. The van der Waals surface area contributed by atoms with Crippen molar-refractivity contribution in [2.24, 2.45) is 0 Å². The van der Waals surface area contributed by atoms with Crippen LogP contribution in [0.15, 0.2) is 30.0 Å². The van der Waals surface area contributed by atoms with Gasteiger partial charge in [-0.1, -0.05) is 12.1 Å². The Kier molecular flexibility index (Phi) is 5.00. The van der Waals surface area contributed by atoms with Crippen molar-refractivity contribution in [2.75, 3.05) is 26.8 Å². The van der Waals surface area contributed by atoms with Gasteiger partial charge in [-0.05, 0) is 31.9 Å². The molecule has 0 spiro atoms. The number of rotatable bonds is 4. The van der Waals surface area contributed by atoms with Gasteiger partial charge in [0.25, 0.3) is 5.91 Å². The minimum Gasteiger partial charge on any atom is -0.493 e. The number of hydrogen-bond acceptors (Lipinski definition) is 5. The lowest BCUT2D eigenvalue weighted by molar-refractivity contribution is -0.128. The quantitative estimate of drug-likeness (QED) is 0.852. The highest BCUT2D eigenvalue weighted by Crippen LogP contribution is 2.36. The number of aromatic nitrogens is 2. The Morgan fingerprint density at radius 2 is 2.03 bits per heavy atom. The fraction of sp³-hybridized carbons (Fsp3) is 0.381. The summed E-state index contributed by atoms with van der Waals surface area (Å²) in [5.74, 6) is 0.317. The number of likely N-dealkylation sites (tertiary alicyclic amines) is 1. The zero-order chi connectivity index (χ0) is 20.5. The highest BCUT2D eigenvalue weighted by Gasteiger charge is 2.29. The number of piperidine rings is 1. The summed E-state index contributed by atoms with van der Waals surface area (Å²) in [5.41, 5.74) is 2.33. The highest BCUT2D eigenvalue weighted by molar-refractivity contribution is 5.99. The fourth-order valence-electron chi connectivity index (χ4n) is 3.98. The van der Waals surface area contributed by atoms with Gasteiger partial charge in [-0.15, -0.1) is 0 Å². The van der Waals surface area contributed by atoms with Gasteiger partial charge < -0.3 is 19.5 Å². The third-order valence-corrected chi connectivity index (χ3v) is 5.58. The number of aromatic carboxylic acids is 1. The second kappa shape index (κ2) is 7.62. The molecule has 1 fully saturated rings. The Hall–Kier alpha value is -3.29. The number of ether oxygens (including phenoxy) is 2. The van der Waals surface area contributed by atoms with E-state index in [1.165, 1.54) is 6.20 Å². The van der Waals surface area contributed by atoms with E-state index in [4.69, 9.17) is 9.47 Å². The van der Waals surface area contributed by atoms with Gasteiger partial charge in [-0.2, -0.15) is 5.10 Å². The molecule has 0 aliphatic carbocycles. The zero-order valence-electron chi connectivity index (χ0n) is 16.4. The van der Waals surface area contributed by atoms with Crippen molar-refractivity contribution in [3.8, 4) is 11.5 Å². The van der Waals surface area contributed by atoms with Gasteiger partial charge in [0.15, 0.2) is 11.5 Å². The third-order valence-electron chi connectivity index (χ3n) is 5.58. The van der Waals surface area contributed by atoms with Crippen LogP contribution in [0.25, 0.3) is 6.08 Å². The van der Waals surface area contributed by atoms with E-state index in [0.29, 0.717) is 35.9 Å². The van der Waals surface area contributed by atoms with E-state index in [1.807, 2.05) is 29.2 Å². The molecule has 1 saturated heterocycles. The van der Waals surface area contributed by atoms with Crippen molar-refractivity contribution in [1.82, 2.24) is 14.7 Å². The van der Waals surface area contributed by atoms with Gasteiger partial charge in [0.05, 0.1) is 30.6 Å². The molecule has 1 aromatic carbocycles. The molecule has 3 heterocycles. The number of carbonyl (C=O) groups is 2. The van der Waals surface area contributed by atoms with Gasteiger partial charge in [0.1, 0.15) is 12.2 Å². The molecule has 2 aliphatic rings. The van der Waals surface area contributed by atoms with Crippen molar-refractivity contribution in [2.45, 2.75) is 25.8 Å². The lowest BCUT2D eigenvalue weighted by Gasteiger charge is -2.33. The van der Waals surface area contributed by atoms with Crippen LogP contribution in [0.4, 0.5) is 0 Å². The topological polar surface area (TPSA) is 93.9 Å². The average Bonchev–Trinajstić information content (AvgIpc) is 3.14. The summed E-state index contributed by atoms with van der Waals surface area (Å²) < 4.78 is 12.9. The summed E-state index contributed by atoms with van der Waals surface area (Å²) in [6.45, 7) is 3.16. The monoisotopic (exact) mass is 397 g/mol. The lowest BCUT2D eigenvalue weighted by atomic mass is 10.0. The van der Waals surface area contributed by atoms with E-state index in [0.717, 1.165) is 18.4 Å². The number of carboxylic acid groups (broad SMARTS) is 1. The molecule has 8 heteroatoms. The van der Waals surface area contributed by atoms with Gasteiger partial charge in [0, 0.05) is 18.7 Å². The standard InChI is InChI=1S/C21H23N3O5/c1-13-17(21(26)27)11-22-24(13)16-6-8-23(9-7-16)20(25)15-10-14-4-3-5-18(28-2)19(14)29-12-15/h3-5,10-11,16H,6-9,12H2,1-2H3,(H,26,27). The molecule has 0 radical (unpaired) electrons. The Balaban J connectivity index is 1.44. The van der Waals surface area contributed by atoms with Crippen LogP contribution in [-0.4, -0.2) is 58.5 Å². The minimum atomic E-state index is -0.970. The molecule has 2 aliphatic heterocycles. The number of benzene rings is 1. The summed E-state index contributed by atoms with van der Waals surface area (Å²) in [4.78, 5) is 26.0. The van der Waals surface area contributed by atoms with Gasteiger partial charge in [-0.3, -0.25) is 9.48 Å². The number of methoxy groups -OCH3 is 1. The molecular weight excluding hydrogens is 374 g/mol. The molecule has 1 amide bonds. The predicted octanol–water partition coefficient (Wildman–Crippen LogP) is 2.54. The first-order valence-electron chi connectivity index (χ1n) is 9.56. The van der Waals surface area contributed by atoms with Crippen molar-refractivity contribution >= 4 is 18.0 Å². The molecule has 0 saturated carbocycles. The van der Waals surface area contributed by atoms with Crippen LogP contribution >= 0.6 is 0 Å². The molecule has 152 valence electrons. The van der Waals surface area contributed by atoms with Crippen molar-refractivity contribution in [1.29, 1.82) is 0 Å². The zero-order valence-corrected chi connectivity index (χ0v) is 16.4. The molecule has 8 nitrogen and oxygen atoms in total. The number of nitrogens with zero attached hydrogens (tertiary/aromatic N) is 3. The van der Waals surface area contributed by atoms with E-state index in [1.54, 1.807) is 18.7 Å². The highest BCUT2D eigenvalue weighted by atomic mass is 16.5. The molecule has 0 unspecified atom stereocenters. The van der Waals surface area contributed by atoms with Gasteiger partial charge in [0.2, 0.25) is 0 Å². The van der Waals surface area contributed by atoms with Crippen LogP contribution in [-0.2, 0) is 4.79 Å². The normalized spacial score (nSPS) is 16.6. The molecule has 2 aromatic rings. The minimum absolute atomic E-state index is 0.0275. The fourth-order valence-corrected chi connectivity index (χ4v) is 3.98. The van der Waals surface area contributed by atoms with E-state index < -0.39 is 5.97 Å². The first-order valence-corrected chi connectivity index (χ1v) is 9.56. The number of hydrogen-bond donors (Lipinski definition) is 1. The van der Waals surface area contributed by atoms with E-state index >= 15 is 0 Å². The lowest BCUT2D eigenvalue weighted by Crippen LogP contribution is -2.41. The van der Waals surface area contributed by atoms with Crippen LogP contribution < -0.4 is 9.47 Å². The SMILES string of the molecule is COc1cccc2c1OCC(C(=O)N1CCC(n3ncc(C(=O)O)c3C)CC1)=C2. The maximum Gasteiger partial charge on any atom is 0.339 e.